The zero-order valence-electron chi connectivity index (χ0n) is 15.3. The van der Waals surface area contributed by atoms with Gasteiger partial charge in [-0.05, 0) is 24.3 Å². The summed E-state index contributed by atoms with van der Waals surface area (Å²) in [4.78, 5) is 22.5. The molecule has 0 aliphatic heterocycles. The molecule has 2 aromatic heterocycles. The number of amides is 1. The third kappa shape index (κ3) is 4.23. The number of pyridine rings is 1. The van der Waals surface area contributed by atoms with Gasteiger partial charge in [0, 0.05) is 29.7 Å². The summed E-state index contributed by atoms with van der Waals surface area (Å²) in [6.07, 6.45) is 1.77. The van der Waals surface area contributed by atoms with Crippen LogP contribution in [0.4, 0.5) is 0 Å². The van der Waals surface area contributed by atoms with Crippen LogP contribution in [-0.2, 0) is 11.3 Å². The molecule has 0 saturated heterocycles. The average molecular weight is 388 g/mol. The Hall–Kier alpha value is -3.12. The topological polar surface area (TPSA) is 59.8 Å². The Morgan fingerprint density at radius 1 is 0.964 bits per heavy atom. The van der Waals surface area contributed by atoms with E-state index in [2.05, 4.69) is 14.9 Å². The standard InChI is InChI=1S/C22H20N4OS/c27-20(16-28-18-10-5-2-6-11-18)23-14-15-26-21(17-8-3-1-4-9-17)25-19-12-7-13-24-22(19)26/h1-13H,14-16H2,(H,23,27). The van der Waals surface area contributed by atoms with Gasteiger partial charge in [-0.1, -0.05) is 48.5 Å². The number of thioether (sulfide) groups is 1. The van der Waals surface area contributed by atoms with E-state index in [9.17, 15) is 4.79 Å². The number of nitrogens with one attached hydrogen (secondary N) is 1. The number of aromatic nitrogens is 3. The van der Waals surface area contributed by atoms with E-state index in [-0.39, 0.29) is 5.91 Å². The smallest absolute Gasteiger partial charge is 0.230 e. The van der Waals surface area contributed by atoms with E-state index < -0.39 is 0 Å². The summed E-state index contributed by atoms with van der Waals surface area (Å²) in [6, 6.07) is 23.8. The lowest BCUT2D eigenvalue weighted by molar-refractivity contribution is -0.118. The highest BCUT2D eigenvalue weighted by molar-refractivity contribution is 8.00. The molecule has 5 nitrogen and oxygen atoms in total. The second kappa shape index (κ2) is 8.71. The first-order chi connectivity index (χ1) is 13.8. The van der Waals surface area contributed by atoms with E-state index in [0.29, 0.717) is 18.8 Å². The number of nitrogens with zero attached hydrogens (tertiary/aromatic N) is 3. The number of hydrogen-bond acceptors (Lipinski definition) is 4. The van der Waals surface area contributed by atoms with Gasteiger partial charge >= 0.3 is 0 Å². The summed E-state index contributed by atoms with van der Waals surface area (Å²) in [5, 5.41) is 3.00. The van der Waals surface area contributed by atoms with Crippen molar-refractivity contribution in [3.8, 4) is 11.4 Å². The maximum absolute atomic E-state index is 12.2. The van der Waals surface area contributed by atoms with Gasteiger partial charge in [-0.3, -0.25) is 4.79 Å². The van der Waals surface area contributed by atoms with Crippen LogP contribution < -0.4 is 5.32 Å². The van der Waals surface area contributed by atoms with Crippen LogP contribution in [0, 0.1) is 0 Å². The summed E-state index contributed by atoms with van der Waals surface area (Å²) < 4.78 is 2.06. The van der Waals surface area contributed by atoms with Gasteiger partial charge in [-0.15, -0.1) is 11.8 Å². The first-order valence-corrected chi connectivity index (χ1v) is 10.1. The van der Waals surface area contributed by atoms with Crippen LogP contribution in [0.1, 0.15) is 0 Å². The monoisotopic (exact) mass is 388 g/mol. The van der Waals surface area contributed by atoms with E-state index in [1.54, 1.807) is 6.20 Å². The molecule has 6 heteroatoms. The van der Waals surface area contributed by atoms with E-state index in [1.165, 1.54) is 11.8 Å². The van der Waals surface area contributed by atoms with Crippen molar-refractivity contribution in [3.63, 3.8) is 0 Å². The molecule has 0 spiro atoms. The van der Waals surface area contributed by atoms with E-state index >= 15 is 0 Å². The molecule has 0 radical (unpaired) electrons. The van der Waals surface area contributed by atoms with Gasteiger partial charge in [-0.25, -0.2) is 9.97 Å². The summed E-state index contributed by atoms with van der Waals surface area (Å²) in [5.74, 6) is 1.29. The van der Waals surface area contributed by atoms with Gasteiger partial charge < -0.3 is 9.88 Å². The fourth-order valence-corrected chi connectivity index (χ4v) is 3.75. The summed E-state index contributed by atoms with van der Waals surface area (Å²) in [6.45, 7) is 1.13. The van der Waals surface area contributed by atoms with Gasteiger partial charge in [-0.2, -0.15) is 0 Å². The van der Waals surface area contributed by atoms with Crippen molar-refractivity contribution in [3.05, 3.63) is 79.0 Å². The molecule has 140 valence electrons. The highest BCUT2D eigenvalue weighted by Gasteiger charge is 2.13. The summed E-state index contributed by atoms with van der Waals surface area (Å²) >= 11 is 1.54. The van der Waals surface area contributed by atoms with E-state index in [4.69, 9.17) is 4.98 Å². The lowest BCUT2D eigenvalue weighted by atomic mass is 10.2. The van der Waals surface area contributed by atoms with Crippen molar-refractivity contribution in [1.29, 1.82) is 0 Å². The molecule has 0 atom stereocenters. The molecule has 0 aliphatic rings. The van der Waals surface area contributed by atoms with Gasteiger partial charge in [0.25, 0.3) is 0 Å². The third-order valence-corrected chi connectivity index (χ3v) is 5.32. The van der Waals surface area contributed by atoms with Gasteiger partial charge in [0.2, 0.25) is 5.91 Å². The third-order valence-electron chi connectivity index (χ3n) is 4.31. The second-order valence-corrected chi connectivity index (χ2v) is 7.30. The lowest BCUT2D eigenvalue weighted by Gasteiger charge is -2.10. The number of imidazole rings is 1. The Bertz CT molecular complexity index is 1060. The first-order valence-electron chi connectivity index (χ1n) is 9.12. The normalized spacial score (nSPS) is 10.9. The van der Waals surface area contributed by atoms with Gasteiger partial charge in [0.1, 0.15) is 11.3 Å². The molecule has 4 rings (SSSR count). The minimum Gasteiger partial charge on any atom is -0.354 e. The first kappa shape index (κ1) is 18.3. The molecule has 28 heavy (non-hydrogen) atoms. The molecular formula is C22H20N4OS. The zero-order valence-corrected chi connectivity index (χ0v) is 16.1. The van der Waals surface area contributed by atoms with Crippen molar-refractivity contribution >= 4 is 28.8 Å². The molecule has 1 N–H and O–H groups in total. The van der Waals surface area contributed by atoms with Crippen molar-refractivity contribution in [2.75, 3.05) is 12.3 Å². The number of benzene rings is 2. The van der Waals surface area contributed by atoms with E-state index in [0.717, 1.165) is 27.4 Å². The Kier molecular flexibility index (Phi) is 5.68. The van der Waals surface area contributed by atoms with Crippen LogP contribution in [0.3, 0.4) is 0 Å². The van der Waals surface area contributed by atoms with Gasteiger partial charge in [0.15, 0.2) is 5.65 Å². The predicted octanol–water partition coefficient (Wildman–Crippen LogP) is 4.01. The maximum atomic E-state index is 12.2. The Morgan fingerprint density at radius 2 is 1.71 bits per heavy atom. The Balaban J connectivity index is 1.43. The quantitative estimate of drug-likeness (QED) is 0.486. The van der Waals surface area contributed by atoms with Crippen molar-refractivity contribution < 1.29 is 4.79 Å². The fourth-order valence-electron chi connectivity index (χ4n) is 3.00. The number of rotatable bonds is 7. The van der Waals surface area contributed by atoms with E-state index in [1.807, 2.05) is 72.8 Å². The Labute approximate surface area is 167 Å². The minimum atomic E-state index is 0.0208. The minimum absolute atomic E-state index is 0.0208. The summed E-state index contributed by atoms with van der Waals surface area (Å²) in [5.41, 5.74) is 2.72. The molecule has 2 aromatic carbocycles. The van der Waals surface area contributed by atoms with Crippen LogP contribution in [0.15, 0.2) is 83.9 Å². The molecular weight excluding hydrogens is 368 g/mol. The predicted molar refractivity (Wildman–Crippen MR) is 113 cm³/mol. The zero-order chi connectivity index (χ0) is 19.2. The maximum Gasteiger partial charge on any atom is 0.230 e. The molecule has 1 amide bonds. The largest absolute Gasteiger partial charge is 0.354 e. The second-order valence-electron chi connectivity index (χ2n) is 6.25. The SMILES string of the molecule is O=C(CSc1ccccc1)NCCn1c(-c2ccccc2)nc2cccnc21. The molecule has 0 fully saturated rings. The van der Waals surface area contributed by atoms with Gasteiger partial charge in [0.05, 0.1) is 5.75 Å². The molecule has 2 heterocycles. The van der Waals surface area contributed by atoms with Crippen molar-refractivity contribution in [1.82, 2.24) is 19.9 Å². The van der Waals surface area contributed by atoms with Crippen LogP contribution >= 0.6 is 11.8 Å². The van der Waals surface area contributed by atoms with Crippen LogP contribution in [0.2, 0.25) is 0 Å². The highest BCUT2D eigenvalue weighted by atomic mass is 32.2. The molecule has 0 saturated carbocycles. The number of carbonyl (C=O) groups is 1. The number of carbonyl (C=O) groups excluding carboxylic acids is 1. The molecule has 4 aromatic rings. The van der Waals surface area contributed by atoms with Crippen molar-refractivity contribution in [2.45, 2.75) is 11.4 Å². The van der Waals surface area contributed by atoms with Crippen LogP contribution in [-0.4, -0.2) is 32.7 Å². The van der Waals surface area contributed by atoms with Crippen molar-refractivity contribution in [2.24, 2.45) is 0 Å². The lowest BCUT2D eigenvalue weighted by Crippen LogP contribution is -2.28. The Morgan fingerprint density at radius 3 is 2.50 bits per heavy atom. The number of hydrogen-bond donors (Lipinski definition) is 1. The number of fused-ring (bicyclic) bond motifs is 1. The van der Waals surface area contributed by atoms with Crippen LogP contribution in [0.25, 0.3) is 22.6 Å². The molecule has 0 bridgehead atoms. The molecule has 0 aliphatic carbocycles. The fraction of sp³-hybridized carbons (Fsp3) is 0.136. The average Bonchev–Trinajstić information content (AvgIpc) is 3.12. The molecule has 0 unspecified atom stereocenters. The summed E-state index contributed by atoms with van der Waals surface area (Å²) in [7, 11) is 0. The highest BCUT2D eigenvalue weighted by Crippen LogP contribution is 2.23. The van der Waals surface area contributed by atoms with Crippen LogP contribution in [0.5, 0.6) is 0 Å².